The molecule has 198 valence electrons. The van der Waals surface area contributed by atoms with Crippen molar-refractivity contribution in [2.75, 3.05) is 0 Å². The van der Waals surface area contributed by atoms with E-state index in [0.717, 1.165) is 0 Å². The number of rotatable bonds is 6. The van der Waals surface area contributed by atoms with Gasteiger partial charge in [-0.05, 0) is 51.5 Å². The third-order valence-corrected chi connectivity index (χ3v) is 6.37. The predicted octanol–water partition coefficient (Wildman–Crippen LogP) is 9.87. The average Bonchev–Trinajstić information content (AvgIpc) is 3.17. The summed E-state index contributed by atoms with van der Waals surface area (Å²) < 4.78 is 107. The molecule has 6 aromatic carbocycles. The van der Waals surface area contributed by atoms with Crippen LogP contribution in [0.25, 0.3) is 67.5 Å². The van der Waals surface area contributed by atoms with Crippen molar-refractivity contribution in [3.8, 4) is 67.5 Å². The van der Waals surface area contributed by atoms with Crippen LogP contribution in [-0.2, 0) is 0 Å². The minimum absolute atomic E-state index is 0.0107. The normalized spacial score (nSPS) is 14.9. The number of hydrogen-bond donors (Lipinski definition) is 0. The summed E-state index contributed by atoms with van der Waals surface area (Å²) in [6.45, 7) is 0. The van der Waals surface area contributed by atoms with Gasteiger partial charge in [0.1, 0.15) is 0 Å². The topological polar surface area (TPSA) is 38.7 Å². The van der Waals surface area contributed by atoms with Crippen LogP contribution in [0.2, 0.25) is 0 Å². The first kappa shape index (κ1) is 15.4. The molecule has 3 nitrogen and oxygen atoms in total. The Morgan fingerprint density at radius 2 is 0.571 bits per heavy atom. The SMILES string of the molecule is [2H]c1c([2H])c(-c2ccccc2)c([2H])c(-c2nc(-c3c([2H])c([2H])c([2H])c(-c4ccccc4)c3[2H])nc(-c3c([2H])c([2H])c([2H])c(-c4ccccc4)c3[2H])n2)c1[2H]. The molecule has 0 radical (unpaired) electrons. The summed E-state index contributed by atoms with van der Waals surface area (Å²) in [6, 6.07) is 19.6. The number of benzene rings is 6. The Morgan fingerprint density at radius 3 is 0.857 bits per heavy atom. The van der Waals surface area contributed by atoms with Crippen molar-refractivity contribution in [1.29, 1.82) is 0 Å². The van der Waals surface area contributed by atoms with E-state index in [4.69, 9.17) is 12.3 Å². The van der Waals surface area contributed by atoms with E-state index in [1.165, 1.54) is 0 Å². The Kier molecular flexibility index (Phi) is 4.18. The maximum atomic E-state index is 9.25. The Bertz CT molecular complexity index is 2320. The molecule has 0 aliphatic heterocycles. The average molecular weight is 550 g/mol. The zero-order valence-corrected chi connectivity index (χ0v) is 22.0. The van der Waals surface area contributed by atoms with E-state index < -0.39 is 53.7 Å². The van der Waals surface area contributed by atoms with E-state index in [0.29, 0.717) is 16.7 Å². The van der Waals surface area contributed by atoms with Gasteiger partial charge in [0.25, 0.3) is 0 Å². The first-order chi connectivity index (χ1) is 25.8. The van der Waals surface area contributed by atoms with E-state index >= 15 is 0 Å². The first-order valence-corrected chi connectivity index (χ1v) is 13.1. The van der Waals surface area contributed by atoms with Crippen LogP contribution in [0.15, 0.2) is 164 Å². The highest BCUT2D eigenvalue weighted by Crippen LogP contribution is 2.31. The second-order valence-corrected chi connectivity index (χ2v) is 9.15. The number of aromatic nitrogens is 3. The fourth-order valence-electron chi connectivity index (χ4n) is 4.33. The van der Waals surface area contributed by atoms with Gasteiger partial charge in [0.2, 0.25) is 0 Å². The van der Waals surface area contributed by atoms with Gasteiger partial charge in [0.05, 0.1) is 16.4 Å². The third kappa shape index (κ3) is 5.36. The summed E-state index contributed by atoms with van der Waals surface area (Å²) in [6.07, 6.45) is 0. The van der Waals surface area contributed by atoms with Gasteiger partial charge in [-0.15, -0.1) is 0 Å². The van der Waals surface area contributed by atoms with Crippen LogP contribution in [0, 0.1) is 0 Å². The molecule has 7 rings (SSSR count). The standard InChI is InChI=1S/C39H27N3/c1-4-13-28(14-5-1)31-19-10-22-34(25-31)37-40-38(35-23-11-20-32(26-35)29-15-6-2-7-16-29)42-39(41-37)36-24-12-21-33(27-36)30-17-8-3-9-18-30/h1-27H/i10D,11D,12D,19D,20D,21D,22D,23D,24D,25D,26D,27D. The molecule has 0 saturated carbocycles. The van der Waals surface area contributed by atoms with Crippen molar-refractivity contribution >= 4 is 0 Å². The molecule has 1 heterocycles. The minimum atomic E-state index is -0.581. The Hall–Kier alpha value is -5.67. The summed E-state index contributed by atoms with van der Waals surface area (Å²) in [5.74, 6) is -1.25. The minimum Gasteiger partial charge on any atom is -0.208 e. The lowest BCUT2D eigenvalue weighted by Crippen LogP contribution is -2.00. The van der Waals surface area contributed by atoms with E-state index in [-0.39, 0.29) is 69.6 Å². The lowest BCUT2D eigenvalue weighted by molar-refractivity contribution is 1.07. The van der Waals surface area contributed by atoms with Crippen LogP contribution in [0.4, 0.5) is 0 Å². The maximum Gasteiger partial charge on any atom is 0.164 e. The molecular weight excluding hydrogens is 510 g/mol. The van der Waals surface area contributed by atoms with Gasteiger partial charge in [-0.2, -0.15) is 0 Å². The summed E-state index contributed by atoms with van der Waals surface area (Å²) >= 11 is 0. The molecule has 42 heavy (non-hydrogen) atoms. The van der Waals surface area contributed by atoms with Crippen LogP contribution < -0.4 is 0 Å². The molecule has 7 aromatic rings. The molecule has 0 saturated heterocycles. The predicted molar refractivity (Wildman–Crippen MR) is 172 cm³/mol. The Balaban J connectivity index is 1.62. The molecule has 0 spiro atoms. The van der Waals surface area contributed by atoms with Gasteiger partial charge in [-0.1, -0.05) is 145 Å². The highest BCUT2D eigenvalue weighted by atomic mass is 15.0. The fourth-order valence-corrected chi connectivity index (χ4v) is 4.33. The van der Waals surface area contributed by atoms with Crippen molar-refractivity contribution in [1.82, 2.24) is 15.0 Å². The molecule has 0 aliphatic carbocycles. The van der Waals surface area contributed by atoms with Gasteiger partial charge in [-0.3, -0.25) is 0 Å². The van der Waals surface area contributed by atoms with Gasteiger partial charge in [-0.25, -0.2) is 15.0 Å². The smallest absolute Gasteiger partial charge is 0.164 e. The van der Waals surface area contributed by atoms with Gasteiger partial charge < -0.3 is 0 Å². The van der Waals surface area contributed by atoms with Crippen molar-refractivity contribution in [2.45, 2.75) is 0 Å². The van der Waals surface area contributed by atoms with E-state index in [1.807, 2.05) is 0 Å². The zero-order valence-electron chi connectivity index (χ0n) is 34.0. The van der Waals surface area contributed by atoms with Crippen LogP contribution in [0.5, 0.6) is 0 Å². The number of nitrogens with zero attached hydrogens (tertiary/aromatic N) is 3. The van der Waals surface area contributed by atoms with E-state index in [9.17, 15) is 4.11 Å². The van der Waals surface area contributed by atoms with Gasteiger partial charge in [0.15, 0.2) is 17.5 Å². The van der Waals surface area contributed by atoms with Crippen LogP contribution in [0.1, 0.15) is 16.4 Å². The molecule has 0 unspecified atom stereocenters. The largest absolute Gasteiger partial charge is 0.208 e. The first-order valence-electron chi connectivity index (χ1n) is 19.1. The maximum absolute atomic E-state index is 9.25. The second kappa shape index (κ2) is 11.4. The lowest BCUT2D eigenvalue weighted by Gasteiger charge is -2.11. The summed E-state index contributed by atoms with van der Waals surface area (Å²) in [7, 11) is 0. The highest BCUT2D eigenvalue weighted by Gasteiger charge is 2.14. The van der Waals surface area contributed by atoms with E-state index in [2.05, 4.69) is 15.0 Å². The zero-order chi connectivity index (χ0) is 38.6. The molecule has 0 aliphatic rings. The summed E-state index contributed by atoms with van der Waals surface area (Å²) in [5, 5.41) is 0. The lowest BCUT2D eigenvalue weighted by atomic mass is 10.0. The molecule has 0 N–H and O–H groups in total. The van der Waals surface area contributed by atoms with Crippen molar-refractivity contribution in [3.63, 3.8) is 0 Å². The quantitative estimate of drug-likeness (QED) is 0.207. The van der Waals surface area contributed by atoms with E-state index in [1.54, 1.807) is 91.0 Å². The fraction of sp³-hybridized carbons (Fsp3) is 0. The second-order valence-electron chi connectivity index (χ2n) is 9.15. The van der Waals surface area contributed by atoms with Crippen molar-refractivity contribution < 1.29 is 16.4 Å². The Labute approximate surface area is 262 Å². The summed E-state index contributed by atoms with van der Waals surface area (Å²) in [5.41, 5.74) is 0.335. The molecule has 1 aromatic heterocycles. The Morgan fingerprint density at radius 1 is 0.310 bits per heavy atom. The van der Waals surface area contributed by atoms with Crippen molar-refractivity contribution in [2.24, 2.45) is 0 Å². The van der Waals surface area contributed by atoms with Crippen LogP contribution in [0.3, 0.4) is 0 Å². The van der Waals surface area contributed by atoms with Gasteiger partial charge >= 0.3 is 0 Å². The van der Waals surface area contributed by atoms with Crippen LogP contribution in [-0.4, -0.2) is 15.0 Å². The monoisotopic (exact) mass is 549 g/mol. The third-order valence-electron chi connectivity index (χ3n) is 6.37. The van der Waals surface area contributed by atoms with Gasteiger partial charge in [0, 0.05) is 16.7 Å². The summed E-state index contributed by atoms with van der Waals surface area (Å²) in [4.78, 5) is 13.6. The van der Waals surface area contributed by atoms with Crippen molar-refractivity contribution in [3.05, 3.63) is 164 Å². The molecule has 3 heteroatoms. The highest BCUT2D eigenvalue weighted by molar-refractivity contribution is 5.76. The molecule has 0 atom stereocenters. The van der Waals surface area contributed by atoms with Crippen LogP contribution >= 0.6 is 0 Å². The molecular formula is C39H27N3. The molecule has 0 fully saturated rings. The molecule has 0 bridgehead atoms. The molecule has 0 amide bonds. The number of hydrogen-bond acceptors (Lipinski definition) is 3.